The molecule has 5 heteroatoms. The summed E-state index contributed by atoms with van der Waals surface area (Å²) in [6, 6.07) is 0. The molecule has 3 rings (SSSR count). The van der Waals surface area contributed by atoms with E-state index < -0.39 is 0 Å². The van der Waals surface area contributed by atoms with Gasteiger partial charge < -0.3 is 9.47 Å². The van der Waals surface area contributed by atoms with Gasteiger partial charge in [0.1, 0.15) is 5.82 Å². The van der Waals surface area contributed by atoms with Crippen molar-refractivity contribution in [1.82, 2.24) is 14.5 Å². The fourth-order valence-corrected chi connectivity index (χ4v) is 3.85. The summed E-state index contributed by atoms with van der Waals surface area (Å²) in [6.45, 7) is 2.88. The Kier molecular flexibility index (Phi) is 4.88. The van der Waals surface area contributed by atoms with Gasteiger partial charge in [0.15, 0.2) is 0 Å². The molecule has 1 aromatic heterocycles. The van der Waals surface area contributed by atoms with Crippen molar-refractivity contribution in [2.24, 2.45) is 5.92 Å². The van der Waals surface area contributed by atoms with E-state index in [1.54, 1.807) is 11.8 Å². The SMILES string of the molecule is CSCC(=O)N1CCCC(c2nccn2CC2CCC2)C1. The zero-order chi connectivity index (χ0) is 14.7. The maximum atomic E-state index is 12.1. The first-order valence-electron chi connectivity index (χ1n) is 8.05. The van der Waals surface area contributed by atoms with Crippen LogP contribution in [0.15, 0.2) is 12.4 Å². The molecule has 1 atom stereocenters. The third kappa shape index (κ3) is 3.44. The monoisotopic (exact) mass is 307 g/mol. The quantitative estimate of drug-likeness (QED) is 0.839. The molecule has 0 N–H and O–H groups in total. The number of hydrogen-bond acceptors (Lipinski definition) is 3. The maximum Gasteiger partial charge on any atom is 0.232 e. The van der Waals surface area contributed by atoms with Gasteiger partial charge in [-0.3, -0.25) is 4.79 Å². The fraction of sp³-hybridized carbons (Fsp3) is 0.750. The molecule has 0 spiro atoms. The van der Waals surface area contributed by atoms with Gasteiger partial charge in [-0.05, 0) is 37.9 Å². The highest BCUT2D eigenvalue weighted by Gasteiger charge is 2.28. The van der Waals surface area contributed by atoms with Gasteiger partial charge >= 0.3 is 0 Å². The van der Waals surface area contributed by atoms with Gasteiger partial charge in [-0.25, -0.2) is 4.98 Å². The predicted molar refractivity (Wildman–Crippen MR) is 86.5 cm³/mol. The number of thioether (sulfide) groups is 1. The van der Waals surface area contributed by atoms with E-state index in [0.29, 0.717) is 11.7 Å². The summed E-state index contributed by atoms with van der Waals surface area (Å²) in [4.78, 5) is 18.8. The van der Waals surface area contributed by atoms with Crippen LogP contribution in [0.1, 0.15) is 43.8 Å². The molecule has 1 aromatic rings. The van der Waals surface area contributed by atoms with Crippen LogP contribution in [0.25, 0.3) is 0 Å². The van der Waals surface area contributed by atoms with Gasteiger partial charge in [-0.1, -0.05) is 6.42 Å². The fourth-order valence-electron chi connectivity index (χ4n) is 3.42. The van der Waals surface area contributed by atoms with Crippen LogP contribution in [-0.2, 0) is 11.3 Å². The van der Waals surface area contributed by atoms with E-state index in [1.807, 2.05) is 17.4 Å². The largest absolute Gasteiger partial charge is 0.341 e. The molecule has 0 aromatic carbocycles. The number of likely N-dealkylation sites (tertiary alicyclic amines) is 1. The van der Waals surface area contributed by atoms with Crippen molar-refractivity contribution in [3.8, 4) is 0 Å². The van der Waals surface area contributed by atoms with E-state index in [4.69, 9.17) is 0 Å². The molecule has 1 unspecified atom stereocenters. The first-order chi connectivity index (χ1) is 10.3. The number of amides is 1. The smallest absolute Gasteiger partial charge is 0.232 e. The first-order valence-corrected chi connectivity index (χ1v) is 9.45. The third-order valence-corrected chi connectivity index (χ3v) is 5.37. The molecular weight excluding hydrogens is 282 g/mol. The zero-order valence-corrected chi connectivity index (χ0v) is 13.6. The van der Waals surface area contributed by atoms with E-state index in [0.717, 1.165) is 38.4 Å². The van der Waals surface area contributed by atoms with Crippen molar-refractivity contribution in [2.45, 2.75) is 44.6 Å². The number of carbonyl (C=O) groups is 1. The summed E-state index contributed by atoms with van der Waals surface area (Å²) >= 11 is 1.61. The molecule has 0 radical (unpaired) electrons. The summed E-state index contributed by atoms with van der Waals surface area (Å²) < 4.78 is 2.34. The molecule has 2 fully saturated rings. The van der Waals surface area contributed by atoms with Gasteiger partial charge in [0.2, 0.25) is 5.91 Å². The number of rotatable bonds is 5. The van der Waals surface area contributed by atoms with Crippen LogP contribution < -0.4 is 0 Å². The summed E-state index contributed by atoms with van der Waals surface area (Å²) in [5.74, 6) is 3.34. The number of hydrogen-bond donors (Lipinski definition) is 0. The summed E-state index contributed by atoms with van der Waals surface area (Å²) in [5, 5.41) is 0. The van der Waals surface area contributed by atoms with Gasteiger partial charge in [0.05, 0.1) is 5.75 Å². The van der Waals surface area contributed by atoms with Crippen LogP contribution in [0.5, 0.6) is 0 Å². The number of carbonyl (C=O) groups excluding carboxylic acids is 1. The highest BCUT2D eigenvalue weighted by Crippen LogP contribution is 2.31. The first kappa shape index (κ1) is 14.9. The topological polar surface area (TPSA) is 38.1 Å². The lowest BCUT2D eigenvalue weighted by Crippen LogP contribution is -2.40. The van der Waals surface area contributed by atoms with Gasteiger partial charge in [0.25, 0.3) is 0 Å². The normalized spacial score (nSPS) is 23.1. The lowest BCUT2D eigenvalue weighted by molar-refractivity contribution is -0.129. The number of piperidine rings is 1. The second-order valence-corrected chi connectivity index (χ2v) is 7.21. The van der Waals surface area contributed by atoms with Crippen molar-refractivity contribution in [1.29, 1.82) is 0 Å². The van der Waals surface area contributed by atoms with E-state index in [2.05, 4.69) is 15.7 Å². The Labute approximate surface area is 131 Å². The highest BCUT2D eigenvalue weighted by atomic mass is 32.2. The molecule has 4 nitrogen and oxygen atoms in total. The van der Waals surface area contributed by atoms with Gasteiger partial charge in [-0.15, -0.1) is 0 Å². The van der Waals surface area contributed by atoms with Crippen LogP contribution in [0.2, 0.25) is 0 Å². The van der Waals surface area contributed by atoms with Crippen LogP contribution in [-0.4, -0.2) is 45.5 Å². The molecule has 21 heavy (non-hydrogen) atoms. The predicted octanol–water partition coefficient (Wildman–Crippen LogP) is 2.75. The molecule has 2 aliphatic rings. The molecular formula is C16H25N3OS. The van der Waals surface area contributed by atoms with E-state index in [1.165, 1.54) is 25.1 Å². The summed E-state index contributed by atoms with van der Waals surface area (Å²) in [6.07, 6.45) is 12.4. The van der Waals surface area contributed by atoms with Crippen molar-refractivity contribution >= 4 is 17.7 Å². The van der Waals surface area contributed by atoms with E-state index in [9.17, 15) is 4.79 Å². The Balaban J connectivity index is 1.65. The van der Waals surface area contributed by atoms with Gasteiger partial charge in [-0.2, -0.15) is 11.8 Å². The summed E-state index contributed by atoms with van der Waals surface area (Å²) in [7, 11) is 0. The van der Waals surface area contributed by atoms with Crippen molar-refractivity contribution in [3.05, 3.63) is 18.2 Å². The molecule has 1 aliphatic heterocycles. The lowest BCUT2D eigenvalue weighted by Gasteiger charge is -2.33. The minimum Gasteiger partial charge on any atom is -0.341 e. The van der Waals surface area contributed by atoms with Crippen molar-refractivity contribution < 1.29 is 4.79 Å². The van der Waals surface area contributed by atoms with Crippen molar-refractivity contribution in [3.63, 3.8) is 0 Å². The molecule has 1 saturated heterocycles. The van der Waals surface area contributed by atoms with E-state index in [-0.39, 0.29) is 5.91 Å². The van der Waals surface area contributed by atoms with Crippen LogP contribution in [0, 0.1) is 5.92 Å². The minimum absolute atomic E-state index is 0.282. The van der Waals surface area contributed by atoms with E-state index >= 15 is 0 Å². The highest BCUT2D eigenvalue weighted by molar-refractivity contribution is 7.99. The molecule has 116 valence electrons. The van der Waals surface area contributed by atoms with Crippen LogP contribution in [0.4, 0.5) is 0 Å². The Morgan fingerprint density at radius 2 is 2.24 bits per heavy atom. The molecule has 1 aliphatic carbocycles. The third-order valence-electron chi connectivity index (χ3n) is 4.83. The zero-order valence-electron chi connectivity index (χ0n) is 12.8. The average Bonchev–Trinajstić information content (AvgIpc) is 2.91. The second-order valence-electron chi connectivity index (χ2n) is 6.35. The number of imidazole rings is 1. The van der Waals surface area contributed by atoms with Crippen LogP contribution in [0.3, 0.4) is 0 Å². The average molecular weight is 307 g/mol. The van der Waals surface area contributed by atoms with Crippen molar-refractivity contribution in [2.75, 3.05) is 25.1 Å². The minimum atomic E-state index is 0.282. The van der Waals surface area contributed by atoms with Crippen LogP contribution >= 0.6 is 11.8 Å². The molecule has 0 bridgehead atoms. The Hall–Kier alpha value is -0.970. The standard InChI is InChI=1S/C16H25N3OS/c1-21-12-15(20)18-8-3-6-14(11-18)16-17-7-9-19(16)10-13-4-2-5-13/h7,9,13-14H,2-6,8,10-12H2,1H3. The Bertz CT molecular complexity index is 484. The number of nitrogens with zero attached hydrogens (tertiary/aromatic N) is 3. The molecule has 1 saturated carbocycles. The lowest BCUT2D eigenvalue weighted by atomic mass is 9.85. The Morgan fingerprint density at radius 3 is 2.95 bits per heavy atom. The molecule has 1 amide bonds. The summed E-state index contributed by atoms with van der Waals surface area (Å²) in [5.41, 5.74) is 0. The van der Waals surface area contributed by atoms with Gasteiger partial charge in [0, 0.05) is 37.9 Å². The second kappa shape index (κ2) is 6.86. The maximum absolute atomic E-state index is 12.1. The molecule has 2 heterocycles. The number of aromatic nitrogens is 2. The Morgan fingerprint density at radius 1 is 1.38 bits per heavy atom.